The van der Waals surface area contributed by atoms with E-state index >= 15 is 0 Å². The molecule has 0 radical (unpaired) electrons. The van der Waals surface area contributed by atoms with E-state index in [1.807, 2.05) is 0 Å². The van der Waals surface area contributed by atoms with E-state index in [0.29, 0.717) is 0 Å². The summed E-state index contributed by atoms with van der Waals surface area (Å²) in [7, 11) is 0. The van der Waals surface area contributed by atoms with Crippen molar-refractivity contribution in [2.24, 2.45) is 0 Å². The van der Waals surface area contributed by atoms with E-state index in [1.54, 1.807) is 0 Å². The maximum absolute atomic E-state index is 12.3. The quantitative estimate of drug-likeness (QED) is 0.883. The number of amides is 2. The van der Waals surface area contributed by atoms with Crippen molar-refractivity contribution < 1.29 is 24.5 Å². The number of aliphatic hydroxyl groups is 2. The van der Waals surface area contributed by atoms with Gasteiger partial charge in [0.05, 0.1) is 12.3 Å². The summed E-state index contributed by atoms with van der Waals surface area (Å²) in [6, 6.07) is 4.17. The highest BCUT2D eigenvalue weighted by Gasteiger charge is 2.55. The van der Waals surface area contributed by atoms with Crippen molar-refractivity contribution in [2.45, 2.75) is 18.6 Å². The Morgan fingerprint density at radius 3 is 2.35 bits per heavy atom. The van der Waals surface area contributed by atoms with Gasteiger partial charge in [-0.3, -0.25) is 4.79 Å². The second-order valence-corrected chi connectivity index (χ2v) is 5.31. The van der Waals surface area contributed by atoms with Crippen molar-refractivity contribution in [3.05, 3.63) is 28.2 Å². The summed E-state index contributed by atoms with van der Waals surface area (Å²) >= 11 is 11.6. The number of cyclic esters (lactones) is 1. The summed E-state index contributed by atoms with van der Waals surface area (Å²) in [6.07, 6.45) is -2.50. The molecule has 108 valence electrons. The van der Waals surface area contributed by atoms with Gasteiger partial charge < -0.3 is 14.9 Å². The lowest BCUT2D eigenvalue weighted by molar-refractivity contribution is -0.141. The van der Waals surface area contributed by atoms with Crippen molar-refractivity contribution in [1.82, 2.24) is 0 Å². The lowest BCUT2D eigenvalue weighted by Gasteiger charge is -2.24. The molecule has 20 heavy (non-hydrogen) atoms. The molecule has 1 heterocycles. The smallest absolute Gasteiger partial charge is 0.422 e. The maximum atomic E-state index is 12.3. The lowest BCUT2D eigenvalue weighted by Crippen LogP contribution is -2.49. The van der Waals surface area contributed by atoms with Crippen LogP contribution >= 0.6 is 23.2 Å². The van der Waals surface area contributed by atoms with E-state index in [-0.39, 0.29) is 15.7 Å². The van der Waals surface area contributed by atoms with Crippen molar-refractivity contribution in [1.29, 1.82) is 0 Å². The van der Waals surface area contributed by atoms with Gasteiger partial charge in [0.2, 0.25) is 5.60 Å². The van der Waals surface area contributed by atoms with Gasteiger partial charge in [0.15, 0.2) is 0 Å². The van der Waals surface area contributed by atoms with E-state index in [2.05, 4.69) is 0 Å². The first-order chi connectivity index (χ1) is 9.29. The molecule has 1 aliphatic rings. The van der Waals surface area contributed by atoms with Crippen molar-refractivity contribution in [2.75, 3.05) is 11.5 Å². The minimum absolute atomic E-state index is 0.131. The van der Waals surface area contributed by atoms with Gasteiger partial charge in [0.25, 0.3) is 5.91 Å². The first-order valence-corrected chi connectivity index (χ1v) is 6.37. The molecule has 2 N–H and O–H groups in total. The minimum Gasteiger partial charge on any atom is -0.429 e. The zero-order chi connectivity index (χ0) is 15.1. The number of benzene rings is 1. The zero-order valence-electron chi connectivity index (χ0n) is 10.3. The van der Waals surface area contributed by atoms with Crippen LogP contribution in [0, 0.1) is 0 Å². The second-order valence-electron chi connectivity index (χ2n) is 4.44. The number of aliphatic hydroxyl groups excluding tert-OH is 2. The van der Waals surface area contributed by atoms with Crippen LogP contribution in [0.3, 0.4) is 0 Å². The molecule has 2 rings (SSSR count). The number of hydrogen-bond acceptors (Lipinski definition) is 5. The molecule has 0 saturated carbocycles. The maximum Gasteiger partial charge on any atom is 0.422 e. The van der Waals surface area contributed by atoms with Gasteiger partial charge in [-0.05, 0) is 25.1 Å². The Hall–Kier alpha value is -1.34. The number of halogens is 2. The fraction of sp³-hybridized carbons (Fsp3) is 0.333. The molecule has 1 fully saturated rings. The van der Waals surface area contributed by atoms with Crippen LogP contribution in [0.5, 0.6) is 0 Å². The number of ether oxygens (including phenoxy) is 1. The first kappa shape index (κ1) is 15.1. The summed E-state index contributed by atoms with van der Waals surface area (Å²) < 4.78 is 4.90. The topological polar surface area (TPSA) is 87.1 Å². The van der Waals surface area contributed by atoms with Crippen molar-refractivity contribution in [3.8, 4) is 0 Å². The fourth-order valence-corrected chi connectivity index (χ4v) is 2.37. The molecule has 8 heteroatoms. The van der Waals surface area contributed by atoms with Crippen LogP contribution in [0.2, 0.25) is 10.0 Å². The molecule has 0 aliphatic carbocycles. The third-order valence-electron chi connectivity index (χ3n) is 3.02. The minimum atomic E-state index is -1.85. The molecular formula is C12H11Cl2NO5. The molecule has 1 aromatic rings. The number of rotatable bonds is 3. The SMILES string of the molecule is CC1(C(O)CO)OC(=O)N(c2cc(Cl)cc(Cl)c2)C1=O. The summed E-state index contributed by atoms with van der Waals surface area (Å²) in [6.45, 7) is 0.500. The predicted molar refractivity (Wildman–Crippen MR) is 71.9 cm³/mol. The molecule has 0 spiro atoms. The Balaban J connectivity index is 2.43. The van der Waals surface area contributed by atoms with Crippen molar-refractivity contribution >= 4 is 40.9 Å². The van der Waals surface area contributed by atoms with Crippen LogP contribution in [0.25, 0.3) is 0 Å². The van der Waals surface area contributed by atoms with Gasteiger partial charge in [0.1, 0.15) is 6.10 Å². The highest BCUT2D eigenvalue weighted by atomic mass is 35.5. The normalized spacial score (nSPS) is 23.9. The van der Waals surface area contributed by atoms with Gasteiger partial charge in [0, 0.05) is 10.0 Å². The average molecular weight is 320 g/mol. The third-order valence-corrected chi connectivity index (χ3v) is 3.46. The molecule has 1 aromatic carbocycles. The number of carbonyl (C=O) groups excluding carboxylic acids is 2. The fourth-order valence-electron chi connectivity index (χ4n) is 1.85. The molecule has 6 nitrogen and oxygen atoms in total. The number of hydrogen-bond donors (Lipinski definition) is 2. The number of anilines is 1. The molecule has 0 bridgehead atoms. The summed E-state index contributed by atoms with van der Waals surface area (Å²) in [5.41, 5.74) is -1.72. The number of carbonyl (C=O) groups is 2. The molecule has 2 amide bonds. The molecule has 0 aromatic heterocycles. The largest absolute Gasteiger partial charge is 0.429 e. The van der Waals surface area contributed by atoms with Crippen molar-refractivity contribution in [3.63, 3.8) is 0 Å². The zero-order valence-corrected chi connectivity index (χ0v) is 11.9. The van der Waals surface area contributed by atoms with Gasteiger partial charge in [-0.15, -0.1) is 0 Å². The van der Waals surface area contributed by atoms with Crippen LogP contribution in [-0.4, -0.2) is 40.5 Å². The van der Waals surface area contributed by atoms with Crippen LogP contribution in [0.1, 0.15) is 6.92 Å². The van der Waals surface area contributed by atoms with Crippen LogP contribution in [-0.2, 0) is 9.53 Å². The average Bonchev–Trinajstić information content (AvgIpc) is 2.58. The lowest BCUT2D eigenvalue weighted by atomic mass is 9.98. The Kier molecular flexibility index (Phi) is 3.93. The monoisotopic (exact) mass is 319 g/mol. The Morgan fingerprint density at radius 1 is 1.30 bits per heavy atom. The molecule has 1 saturated heterocycles. The van der Waals surface area contributed by atoms with E-state index in [4.69, 9.17) is 33.0 Å². The first-order valence-electron chi connectivity index (χ1n) is 5.62. The van der Waals surface area contributed by atoms with Gasteiger partial charge in [-0.2, -0.15) is 0 Å². The van der Waals surface area contributed by atoms with Crippen LogP contribution < -0.4 is 4.90 Å². The third kappa shape index (κ3) is 2.35. The van der Waals surface area contributed by atoms with E-state index in [0.717, 1.165) is 4.90 Å². The molecular weight excluding hydrogens is 309 g/mol. The highest BCUT2D eigenvalue weighted by Crippen LogP contribution is 2.34. The van der Waals surface area contributed by atoms with E-state index in [1.165, 1.54) is 25.1 Å². The van der Waals surface area contributed by atoms with Crippen LogP contribution in [0.15, 0.2) is 18.2 Å². The van der Waals surface area contributed by atoms with Gasteiger partial charge in [-0.1, -0.05) is 23.2 Å². The van der Waals surface area contributed by atoms with E-state index < -0.39 is 30.3 Å². The van der Waals surface area contributed by atoms with E-state index in [9.17, 15) is 14.7 Å². The van der Waals surface area contributed by atoms with Gasteiger partial charge >= 0.3 is 6.09 Å². The molecule has 2 unspecified atom stereocenters. The molecule has 1 aliphatic heterocycles. The number of imide groups is 1. The summed E-state index contributed by atoms with van der Waals surface area (Å²) in [5.74, 6) is -0.803. The summed E-state index contributed by atoms with van der Waals surface area (Å²) in [4.78, 5) is 24.9. The standard InChI is InChI=1S/C12H11Cl2NO5/c1-12(9(17)5-16)10(18)15(11(19)20-12)8-3-6(13)2-7(14)4-8/h2-4,9,16-17H,5H2,1H3. The summed E-state index contributed by atoms with van der Waals surface area (Å²) in [5, 5.41) is 19.1. The van der Waals surface area contributed by atoms with Crippen LogP contribution in [0.4, 0.5) is 10.5 Å². The predicted octanol–water partition coefficient (Wildman–Crippen LogP) is 1.59. The highest BCUT2D eigenvalue weighted by molar-refractivity contribution is 6.35. The van der Waals surface area contributed by atoms with Gasteiger partial charge in [-0.25, -0.2) is 9.69 Å². The second kappa shape index (κ2) is 5.21. The Bertz CT molecular complexity index is 559. The molecule has 2 atom stereocenters. The Labute approximate surface area is 124 Å². The number of nitrogens with zero attached hydrogens (tertiary/aromatic N) is 1. The Morgan fingerprint density at radius 2 is 1.85 bits per heavy atom.